The Labute approximate surface area is 138 Å². The van der Waals surface area contributed by atoms with Gasteiger partial charge in [0.25, 0.3) is 5.91 Å². The van der Waals surface area contributed by atoms with Gasteiger partial charge in [0.1, 0.15) is 5.75 Å². The number of hydrogen-bond donors (Lipinski definition) is 2. The summed E-state index contributed by atoms with van der Waals surface area (Å²) >= 11 is 3.57. The molecule has 0 saturated carbocycles. The summed E-state index contributed by atoms with van der Waals surface area (Å²) in [6.07, 6.45) is 0. The first-order valence-corrected chi connectivity index (χ1v) is 7.83. The monoisotopic (exact) mass is 362 g/mol. The molecule has 2 aromatic carbocycles. The van der Waals surface area contributed by atoms with Gasteiger partial charge in [-0.1, -0.05) is 46.3 Å². The maximum atomic E-state index is 10.7. The minimum absolute atomic E-state index is 0.101. The van der Waals surface area contributed by atoms with Gasteiger partial charge in [0.15, 0.2) is 6.61 Å². The van der Waals surface area contributed by atoms with Crippen molar-refractivity contribution in [3.63, 3.8) is 0 Å². The van der Waals surface area contributed by atoms with E-state index in [1.807, 2.05) is 42.5 Å². The van der Waals surface area contributed by atoms with Crippen molar-refractivity contribution in [3.8, 4) is 5.75 Å². The van der Waals surface area contributed by atoms with Crippen molar-refractivity contribution in [2.45, 2.75) is 19.5 Å². The Kier molecular flexibility index (Phi) is 5.98. The molecule has 116 valence electrons. The van der Waals surface area contributed by atoms with Crippen LogP contribution in [-0.4, -0.2) is 12.5 Å². The summed E-state index contributed by atoms with van der Waals surface area (Å²) in [7, 11) is 0. The Hall–Kier alpha value is -1.85. The van der Waals surface area contributed by atoms with E-state index < -0.39 is 5.91 Å². The van der Waals surface area contributed by atoms with Gasteiger partial charge in [0.2, 0.25) is 0 Å². The minimum atomic E-state index is -0.479. The average Bonchev–Trinajstić information content (AvgIpc) is 2.52. The van der Waals surface area contributed by atoms with Gasteiger partial charge in [-0.2, -0.15) is 0 Å². The van der Waals surface area contributed by atoms with E-state index in [9.17, 15) is 4.79 Å². The summed E-state index contributed by atoms with van der Waals surface area (Å²) in [6.45, 7) is 2.78. The smallest absolute Gasteiger partial charge is 0.255 e. The van der Waals surface area contributed by atoms with Crippen molar-refractivity contribution in [3.05, 3.63) is 64.1 Å². The lowest BCUT2D eigenvalue weighted by Gasteiger charge is -2.16. The second-order valence-corrected chi connectivity index (χ2v) is 5.88. The van der Waals surface area contributed by atoms with Gasteiger partial charge in [0.05, 0.1) is 0 Å². The molecule has 1 unspecified atom stereocenters. The highest BCUT2D eigenvalue weighted by atomic mass is 79.9. The number of nitrogens with two attached hydrogens (primary N) is 1. The Morgan fingerprint density at radius 1 is 1.23 bits per heavy atom. The van der Waals surface area contributed by atoms with E-state index in [-0.39, 0.29) is 12.6 Å². The van der Waals surface area contributed by atoms with Gasteiger partial charge in [-0.25, -0.2) is 0 Å². The molecule has 2 aromatic rings. The van der Waals surface area contributed by atoms with Gasteiger partial charge >= 0.3 is 0 Å². The lowest BCUT2D eigenvalue weighted by molar-refractivity contribution is -0.119. The molecule has 0 aliphatic rings. The molecule has 4 nitrogen and oxygen atoms in total. The van der Waals surface area contributed by atoms with E-state index in [4.69, 9.17) is 10.5 Å². The van der Waals surface area contributed by atoms with Crippen LogP contribution in [0.5, 0.6) is 5.75 Å². The summed E-state index contributed by atoms with van der Waals surface area (Å²) in [5.41, 5.74) is 7.41. The van der Waals surface area contributed by atoms with Gasteiger partial charge in [-0.05, 0) is 36.2 Å². The lowest BCUT2D eigenvalue weighted by Crippen LogP contribution is -2.20. The fourth-order valence-electron chi connectivity index (χ4n) is 2.07. The van der Waals surface area contributed by atoms with Crippen LogP contribution in [0.4, 0.5) is 0 Å². The molecule has 0 aliphatic carbocycles. The zero-order chi connectivity index (χ0) is 15.9. The fourth-order valence-corrected chi connectivity index (χ4v) is 2.69. The van der Waals surface area contributed by atoms with E-state index in [0.717, 1.165) is 16.6 Å². The highest BCUT2D eigenvalue weighted by Gasteiger charge is 2.08. The molecule has 0 aromatic heterocycles. The standard InChI is InChI=1S/C17H19BrN2O2/c1-12(15-4-2-3-5-16(15)18)20-10-13-6-8-14(9-7-13)22-11-17(19)21/h2-9,12,20H,10-11H2,1H3,(H2,19,21). The molecular weight excluding hydrogens is 344 g/mol. The highest BCUT2D eigenvalue weighted by molar-refractivity contribution is 9.10. The first-order chi connectivity index (χ1) is 10.6. The SMILES string of the molecule is CC(NCc1ccc(OCC(N)=O)cc1)c1ccccc1Br. The lowest BCUT2D eigenvalue weighted by atomic mass is 10.1. The molecule has 0 fully saturated rings. The molecule has 2 rings (SSSR count). The molecule has 5 heteroatoms. The molecular formula is C17H19BrN2O2. The van der Waals surface area contributed by atoms with Crippen molar-refractivity contribution < 1.29 is 9.53 Å². The fraction of sp³-hybridized carbons (Fsp3) is 0.235. The molecule has 0 heterocycles. The van der Waals surface area contributed by atoms with Crippen LogP contribution in [0.1, 0.15) is 24.1 Å². The van der Waals surface area contributed by atoms with Crippen LogP contribution in [0.25, 0.3) is 0 Å². The van der Waals surface area contributed by atoms with Crippen LogP contribution in [0.2, 0.25) is 0 Å². The van der Waals surface area contributed by atoms with Crippen LogP contribution >= 0.6 is 15.9 Å². The second kappa shape index (κ2) is 7.96. The number of carbonyl (C=O) groups is 1. The molecule has 0 saturated heterocycles. The van der Waals surface area contributed by atoms with Crippen molar-refractivity contribution in [1.29, 1.82) is 0 Å². The van der Waals surface area contributed by atoms with Crippen LogP contribution in [0.3, 0.4) is 0 Å². The third-order valence-electron chi connectivity index (χ3n) is 3.29. The van der Waals surface area contributed by atoms with Crippen molar-refractivity contribution in [1.82, 2.24) is 5.32 Å². The summed E-state index contributed by atoms with van der Waals surface area (Å²) in [6, 6.07) is 16.0. The predicted molar refractivity (Wildman–Crippen MR) is 90.5 cm³/mol. The maximum Gasteiger partial charge on any atom is 0.255 e. The number of benzene rings is 2. The van der Waals surface area contributed by atoms with E-state index in [1.165, 1.54) is 5.56 Å². The molecule has 0 aliphatic heterocycles. The number of carbonyl (C=O) groups excluding carboxylic acids is 1. The maximum absolute atomic E-state index is 10.7. The number of halogens is 1. The Balaban J connectivity index is 1.89. The van der Waals surface area contributed by atoms with Crippen molar-refractivity contribution in [2.75, 3.05) is 6.61 Å². The summed E-state index contributed by atoms with van der Waals surface area (Å²) in [4.78, 5) is 10.7. The first kappa shape index (κ1) is 16.5. The second-order valence-electron chi connectivity index (χ2n) is 5.02. The van der Waals surface area contributed by atoms with E-state index >= 15 is 0 Å². The van der Waals surface area contributed by atoms with Gasteiger partial charge in [-0.15, -0.1) is 0 Å². The summed E-state index contributed by atoms with van der Waals surface area (Å²) < 4.78 is 6.33. The van der Waals surface area contributed by atoms with Gasteiger partial charge in [0, 0.05) is 17.1 Å². The number of primary amides is 1. The molecule has 0 bridgehead atoms. The Morgan fingerprint density at radius 2 is 1.91 bits per heavy atom. The zero-order valence-corrected chi connectivity index (χ0v) is 14.0. The Bertz CT molecular complexity index is 629. The average molecular weight is 363 g/mol. The van der Waals surface area contributed by atoms with Crippen LogP contribution in [0, 0.1) is 0 Å². The minimum Gasteiger partial charge on any atom is -0.484 e. The van der Waals surface area contributed by atoms with E-state index in [0.29, 0.717) is 5.75 Å². The van der Waals surface area contributed by atoms with Crippen molar-refractivity contribution >= 4 is 21.8 Å². The highest BCUT2D eigenvalue weighted by Crippen LogP contribution is 2.23. The number of hydrogen-bond acceptors (Lipinski definition) is 3. The summed E-state index contributed by atoms with van der Waals surface area (Å²) in [5, 5.41) is 3.48. The Morgan fingerprint density at radius 3 is 2.55 bits per heavy atom. The molecule has 0 spiro atoms. The number of amides is 1. The topological polar surface area (TPSA) is 64.3 Å². The van der Waals surface area contributed by atoms with E-state index in [2.05, 4.69) is 34.2 Å². The zero-order valence-electron chi connectivity index (χ0n) is 12.4. The van der Waals surface area contributed by atoms with Crippen LogP contribution in [-0.2, 0) is 11.3 Å². The number of rotatable bonds is 7. The third kappa shape index (κ3) is 4.86. The number of nitrogens with one attached hydrogen (secondary N) is 1. The van der Waals surface area contributed by atoms with E-state index in [1.54, 1.807) is 0 Å². The van der Waals surface area contributed by atoms with Crippen LogP contribution < -0.4 is 15.8 Å². The first-order valence-electron chi connectivity index (χ1n) is 7.04. The molecule has 1 atom stereocenters. The summed E-state index contributed by atoms with van der Waals surface area (Å²) in [5.74, 6) is 0.161. The van der Waals surface area contributed by atoms with Gasteiger partial charge in [-0.3, -0.25) is 4.79 Å². The quantitative estimate of drug-likeness (QED) is 0.794. The molecule has 0 radical (unpaired) electrons. The van der Waals surface area contributed by atoms with Gasteiger partial charge < -0.3 is 15.8 Å². The third-order valence-corrected chi connectivity index (χ3v) is 4.01. The molecule has 22 heavy (non-hydrogen) atoms. The largest absolute Gasteiger partial charge is 0.484 e. The predicted octanol–water partition coefficient (Wildman–Crippen LogP) is 3.16. The normalized spacial score (nSPS) is 11.9. The molecule has 3 N–H and O–H groups in total. The van der Waals surface area contributed by atoms with Crippen LogP contribution in [0.15, 0.2) is 53.0 Å². The van der Waals surface area contributed by atoms with Crippen molar-refractivity contribution in [2.24, 2.45) is 5.73 Å². The molecule has 1 amide bonds. The number of ether oxygens (including phenoxy) is 1.